The summed E-state index contributed by atoms with van der Waals surface area (Å²) in [5.74, 6) is -0.232. The maximum atomic E-state index is 14.2. The number of hydrogen-bond acceptors (Lipinski definition) is 5. The predicted octanol–water partition coefficient (Wildman–Crippen LogP) is 1.85. The molecular formula is C21H31FN2O4. The molecule has 1 aromatic rings. The van der Waals surface area contributed by atoms with Crippen LogP contribution in [0.3, 0.4) is 0 Å². The minimum absolute atomic E-state index is 0.00991. The number of benzene rings is 1. The first-order valence-corrected chi connectivity index (χ1v) is 10.2. The Labute approximate surface area is 166 Å². The smallest absolute Gasteiger partial charge is 0.222 e. The monoisotopic (exact) mass is 394 g/mol. The summed E-state index contributed by atoms with van der Waals surface area (Å²) in [5.41, 5.74) is 0.607. The summed E-state index contributed by atoms with van der Waals surface area (Å²) in [5, 5.41) is 13.1. The maximum absolute atomic E-state index is 14.2. The fourth-order valence-electron chi connectivity index (χ4n) is 4.02. The van der Waals surface area contributed by atoms with Crippen molar-refractivity contribution in [3.05, 3.63) is 35.6 Å². The molecule has 1 aromatic carbocycles. The predicted molar refractivity (Wildman–Crippen MR) is 103 cm³/mol. The van der Waals surface area contributed by atoms with Gasteiger partial charge in [0.05, 0.1) is 37.9 Å². The van der Waals surface area contributed by atoms with Gasteiger partial charge in [-0.2, -0.15) is 0 Å². The Hall–Kier alpha value is -1.54. The zero-order valence-electron chi connectivity index (χ0n) is 16.5. The second kappa shape index (κ2) is 10.3. The van der Waals surface area contributed by atoms with Gasteiger partial charge in [-0.3, -0.25) is 9.69 Å². The maximum Gasteiger partial charge on any atom is 0.222 e. The molecule has 4 atom stereocenters. The van der Waals surface area contributed by atoms with E-state index in [9.17, 15) is 14.3 Å². The number of nitrogens with one attached hydrogen (secondary N) is 1. The Morgan fingerprint density at radius 2 is 2.14 bits per heavy atom. The van der Waals surface area contributed by atoms with Gasteiger partial charge in [0.15, 0.2) is 0 Å². The summed E-state index contributed by atoms with van der Waals surface area (Å²) in [4.78, 5) is 14.1. The van der Waals surface area contributed by atoms with Crippen molar-refractivity contribution < 1.29 is 23.8 Å². The molecule has 1 amide bonds. The van der Waals surface area contributed by atoms with E-state index in [2.05, 4.69) is 10.2 Å². The highest BCUT2D eigenvalue weighted by molar-refractivity contribution is 5.76. The quantitative estimate of drug-likeness (QED) is 0.771. The summed E-state index contributed by atoms with van der Waals surface area (Å²) < 4.78 is 26.0. The van der Waals surface area contributed by atoms with Crippen molar-refractivity contribution in [3.63, 3.8) is 0 Å². The number of ether oxygens (including phenoxy) is 2. The van der Waals surface area contributed by atoms with Crippen LogP contribution in [0.4, 0.5) is 4.39 Å². The average Bonchev–Trinajstić information content (AvgIpc) is 2.66. The Kier molecular flexibility index (Phi) is 7.79. The second-order valence-electron chi connectivity index (χ2n) is 7.71. The summed E-state index contributed by atoms with van der Waals surface area (Å²) in [6.07, 6.45) is 1.87. The Balaban J connectivity index is 1.66. The van der Waals surface area contributed by atoms with Gasteiger partial charge in [0.25, 0.3) is 0 Å². The molecule has 0 aromatic heterocycles. The topological polar surface area (TPSA) is 71.0 Å². The molecule has 156 valence electrons. The number of aliphatic hydroxyl groups is 1. The zero-order valence-corrected chi connectivity index (χ0v) is 16.5. The van der Waals surface area contributed by atoms with Crippen LogP contribution in [0.2, 0.25) is 0 Å². The highest BCUT2D eigenvalue weighted by atomic mass is 19.1. The molecule has 0 unspecified atom stereocenters. The third-order valence-electron chi connectivity index (χ3n) is 5.40. The number of amides is 1. The van der Waals surface area contributed by atoms with E-state index in [1.54, 1.807) is 12.1 Å². The summed E-state index contributed by atoms with van der Waals surface area (Å²) >= 11 is 0. The van der Waals surface area contributed by atoms with Gasteiger partial charge in [0, 0.05) is 31.2 Å². The lowest BCUT2D eigenvalue weighted by Crippen LogP contribution is -2.55. The van der Waals surface area contributed by atoms with Crippen LogP contribution in [-0.2, 0) is 20.8 Å². The molecule has 2 aliphatic heterocycles. The molecular weight excluding hydrogens is 363 g/mol. The van der Waals surface area contributed by atoms with Crippen molar-refractivity contribution in [1.82, 2.24) is 10.2 Å². The molecule has 0 saturated carbocycles. The average molecular weight is 394 g/mol. The fraction of sp³-hybridized carbons (Fsp3) is 0.667. The van der Waals surface area contributed by atoms with Crippen molar-refractivity contribution in [2.24, 2.45) is 0 Å². The standard InChI is InChI=1S/C21H31FN2O4/c1-2-9-23-21(26)10-17-7-8-19-20(28-17)14-27-13-16(25)12-24(19)11-15-5-3-4-6-18(15)22/h3-6,16-17,19-20,25H,2,7-14H2,1H3,(H,23,26)/t16-,17+,19+,20-/m1/s1. The number of aliphatic hydroxyl groups excluding tert-OH is 1. The molecule has 28 heavy (non-hydrogen) atoms. The lowest BCUT2D eigenvalue weighted by Gasteiger charge is -2.44. The molecule has 2 fully saturated rings. The van der Waals surface area contributed by atoms with E-state index >= 15 is 0 Å². The molecule has 2 heterocycles. The lowest BCUT2D eigenvalue weighted by atomic mass is 9.94. The highest BCUT2D eigenvalue weighted by Gasteiger charge is 2.38. The van der Waals surface area contributed by atoms with Crippen LogP contribution in [0.15, 0.2) is 24.3 Å². The van der Waals surface area contributed by atoms with Crippen LogP contribution in [0.5, 0.6) is 0 Å². The molecule has 2 aliphatic rings. The molecule has 0 aliphatic carbocycles. The lowest BCUT2D eigenvalue weighted by molar-refractivity contribution is -0.158. The molecule has 7 heteroatoms. The third-order valence-corrected chi connectivity index (χ3v) is 5.40. The van der Waals surface area contributed by atoms with E-state index in [-0.39, 0.29) is 36.6 Å². The Morgan fingerprint density at radius 3 is 2.93 bits per heavy atom. The van der Waals surface area contributed by atoms with Crippen molar-refractivity contribution >= 4 is 5.91 Å². The van der Waals surface area contributed by atoms with Crippen LogP contribution >= 0.6 is 0 Å². The van der Waals surface area contributed by atoms with Crippen LogP contribution in [0.25, 0.3) is 0 Å². The van der Waals surface area contributed by atoms with Crippen LogP contribution in [0.1, 0.15) is 38.2 Å². The minimum atomic E-state index is -0.620. The fourth-order valence-corrected chi connectivity index (χ4v) is 4.02. The highest BCUT2D eigenvalue weighted by Crippen LogP contribution is 2.29. The number of β-amino-alcohol motifs (C(OH)–C–C–N with tert-alkyl or cyclic N) is 1. The van der Waals surface area contributed by atoms with Gasteiger partial charge in [-0.1, -0.05) is 25.1 Å². The third kappa shape index (κ3) is 5.73. The number of carbonyl (C=O) groups is 1. The molecule has 2 N–H and O–H groups in total. The number of nitrogens with zero attached hydrogens (tertiary/aromatic N) is 1. The van der Waals surface area contributed by atoms with Gasteiger partial charge in [0.2, 0.25) is 5.91 Å². The van der Waals surface area contributed by atoms with E-state index < -0.39 is 6.10 Å². The SMILES string of the molecule is CCCNC(=O)C[C@@H]1CC[C@H]2[C@@H](COC[C@H](O)CN2Cc2ccccc2F)O1. The molecule has 6 nitrogen and oxygen atoms in total. The zero-order chi connectivity index (χ0) is 19.9. The van der Waals surface area contributed by atoms with Crippen LogP contribution in [0, 0.1) is 5.82 Å². The van der Waals surface area contributed by atoms with Gasteiger partial charge in [0.1, 0.15) is 5.82 Å². The molecule has 0 radical (unpaired) electrons. The molecule has 0 bridgehead atoms. The molecule has 3 rings (SSSR count). The number of hydrogen-bond donors (Lipinski definition) is 2. The van der Waals surface area contributed by atoms with Gasteiger partial charge < -0.3 is 19.9 Å². The number of carbonyl (C=O) groups excluding carboxylic acids is 1. The minimum Gasteiger partial charge on any atom is -0.389 e. The van der Waals surface area contributed by atoms with E-state index in [1.165, 1.54) is 6.07 Å². The summed E-state index contributed by atoms with van der Waals surface area (Å²) in [6.45, 7) is 4.10. The summed E-state index contributed by atoms with van der Waals surface area (Å²) in [7, 11) is 0. The van der Waals surface area contributed by atoms with E-state index in [4.69, 9.17) is 9.47 Å². The first-order valence-electron chi connectivity index (χ1n) is 10.2. The van der Waals surface area contributed by atoms with Crippen LogP contribution < -0.4 is 5.32 Å². The van der Waals surface area contributed by atoms with Gasteiger partial charge in [-0.25, -0.2) is 4.39 Å². The molecule has 2 saturated heterocycles. The number of fused-ring (bicyclic) bond motifs is 1. The second-order valence-corrected chi connectivity index (χ2v) is 7.71. The first-order chi connectivity index (χ1) is 13.6. The number of rotatable bonds is 6. The number of halogens is 1. The largest absolute Gasteiger partial charge is 0.389 e. The first kappa shape index (κ1) is 21.2. The Bertz CT molecular complexity index is 645. The van der Waals surface area contributed by atoms with Gasteiger partial charge in [-0.15, -0.1) is 0 Å². The van der Waals surface area contributed by atoms with E-state index in [0.29, 0.717) is 38.2 Å². The Morgan fingerprint density at radius 1 is 1.32 bits per heavy atom. The molecule has 0 spiro atoms. The van der Waals surface area contributed by atoms with E-state index in [0.717, 1.165) is 19.3 Å². The van der Waals surface area contributed by atoms with Gasteiger partial charge >= 0.3 is 0 Å². The summed E-state index contributed by atoms with van der Waals surface area (Å²) in [6, 6.07) is 6.75. The van der Waals surface area contributed by atoms with Crippen molar-refractivity contribution in [2.75, 3.05) is 26.3 Å². The van der Waals surface area contributed by atoms with Crippen molar-refractivity contribution in [1.29, 1.82) is 0 Å². The van der Waals surface area contributed by atoms with Crippen molar-refractivity contribution in [2.45, 2.75) is 63.5 Å². The van der Waals surface area contributed by atoms with E-state index in [1.807, 2.05) is 13.0 Å². The normalized spacial score (nSPS) is 28.8. The van der Waals surface area contributed by atoms with Gasteiger partial charge in [-0.05, 0) is 25.3 Å². The van der Waals surface area contributed by atoms with Crippen LogP contribution in [-0.4, -0.2) is 66.6 Å². The van der Waals surface area contributed by atoms with Crippen molar-refractivity contribution in [3.8, 4) is 0 Å².